The van der Waals surface area contributed by atoms with E-state index in [0.29, 0.717) is 12.8 Å². The van der Waals surface area contributed by atoms with Gasteiger partial charge in [0.2, 0.25) is 0 Å². The first-order valence-corrected chi connectivity index (χ1v) is 8.01. The summed E-state index contributed by atoms with van der Waals surface area (Å²) >= 11 is 0. The molecule has 1 aromatic carbocycles. The van der Waals surface area contributed by atoms with E-state index in [2.05, 4.69) is 10.3 Å². The Kier molecular flexibility index (Phi) is 5.49. The number of aryl methyl sites for hydroxylation is 1. The van der Waals surface area contributed by atoms with Crippen LogP contribution >= 0.6 is 0 Å². The Balaban J connectivity index is 2.00. The number of ether oxygens (including phenoxy) is 1. The largest absolute Gasteiger partial charge is 0.481 e. The number of hydrogen-bond acceptors (Lipinski definition) is 3. The second-order valence-electron chi connectivity index (χ2n) is 6.84. The second-order valence-corrected chi connectivity index (χ2v) is 6.84. The fraction of sp³-hybridized carbons (Fsp3) is 0.444. The monoisotopic (exact) mass is 332 g/mol. The molecule has 1 unspecified atom stereocenters. The summed E-state index contributed by atoms with van der Waals surface area (Å²) < 4.78 is 5.21. The van der Waals surface area contributed by atoms with E-state index < -0.39 is 23.7 Å². The van der Waals surface area contributed by atoms with E-state index in [0.717, 1.165) is 16.5 Å². The van der Waals surface area contributed by atoms with Crippen molar-refractivity contribution in [3.05, 3.63) is 36.0 Å². The number of amides is 1. The molecule has 0 saturated heterocycles. The third-order valence-electron chi connectivity index (χ3n) is 3.58. The zero-order valence-corrected chi connectivity index (χ0v) is 14.3. The average molecular weight is 332 g/mol. The number of carboxylic acid groups (broad SMARTS) is 1. The van der Waals surface area contributed by atoms with Crippen LogP contribution < -0.4 is 5.32 Å². The van der Waals surface area contributed by atoms with Crippen molar-refractivity contribution in [2.24, 2.45) is 0 Å². The molecule has 6 heteroatoms. The lowest BCUT2D eigenvalue weighted by molar-refractivity contribution is -0.137. The van der Waals surface area contributed by atoms with Gasteiger partial charge in [0.15, 0.2) is 0 Å². The van der Waals surface area contributed by atoms with Crippen LogP contribution in [-0.2, 0) is 16.0 Å². The SMILES string of the molecule is CC(C)(C)OC(=O)NC(CCc1c[nH]c2ccccc12)CC(=O)O. The van der Waals surface area contributed by atoms with E-state index in [9.17, 15) is 9.59 Å². The first kappa shape index (κ1) is 17.8. The normalized spacial score (nSPS) is 12.8. The van der Waals surface area contributed by atoms with E-state index in [-0.39, 0.29) is 6.42 Å². The third kappa shape index (κ3) is 5.30. The fourth-order valence-corrected chi connectivity index (χ4v) is 2.58. The van der Waals surface area contributed by atoms with Gasteiger partial charge in [-0.15, -0.1) is 0 Å². The van der Waals surface area contributed by atoms with E-state index in [4.69, 9.17) is 9.84 Å². The van der Waals surface area contributed by atoms with Crippen LogP contribution in [0.2, 0.25) is 0 Å². The number of rotatable bonds is 6. The van der Waals surface area contributed by atoms with Crippen molar-refractivity contribution in [1.82, 2.24) is 10.3 Å². The number of carbonyl (C=O) groups is 2. The number of H-pyrrole nitrogens is 1. The quantitative estimate of drug-likeness (QED) is 0.755. The Bertz CT molecular complexity index is 715. The van der Waals surface area contributed by atoms with Gasteiger partial charge in [0, 0.05) is 23.1 Å². The van der Waals surface area contributed by atoms with Gasteiger partial charge in [-0.1, -0.05) is 18.2 Å². The van der Waals surface area contributed by atoms with Crippen molar-refractivity contribution >= 4 is 23.0 Å². The molecule has 0 aliphatic rings. The van der Waals surface area contributed by atoms with E-state index in [1.54, 1.807) is 20.8 Å². The first-order chi connectivity index (χ1) is 11.2. The molecular formula is C18H24N2O4. The number of fused-ring (bicyclic) bond motifs is 1. The minimum Gasteiger partial charge on any atom is -0.481 e. The summed E-state index contributed by atoms with van der Waals surface area (Å²) in [5.74, 6) is -0.949. The van der Waals surface area contributed by atoms with Crippen LogP contribution in [0.5, 0.6) is 0 Å². The lowest BCUT2D eigenvalue weighted by atomic mass is 10.0. The van der Waals surface area contributed by atoms with Crippen molar-refractivity contribution in [2.75, 3.05) is 0 Å². The molecule has 6 nitrogen and oxygen atoms in total. The summed E-state index contributed by atoms with van der Waals surface area (Å²) in [6.45, 7) is 5.31. The van der Waals surface area contributed by atoms with Crippen molar-refractivity contribution in [3.63, 3.8) is 0 Å². The Morgan fingerprint density at radius 2 is 2.00 bits per heavy atom. The summed E-state index contributed by atoms with van der Waals surface area (Å²) in [4.78, 5) is 26.1. The van der Waals surface area contributed by atoms with E-state index >= 15 is 0 Å². The lowest BCUT2D eigenvalue weighted by Gasteiger charge is -2.23. The predicted octanol–water partition coefficient (Wildman–Crippen LogP) is 3.47. The van der Waals surface area contributed by atoms with Crippen LogP contribution in [0.4, 0.5) is 4.79 Å². The highest BCUT2D eigenvalue weighted by molar-refractivity contribution is 5.83. The van der Waals surface area contributed by atoms with Crippen LogP contribution in [0.1, 0.15) is 39.2 Å². The fourth-order valence-electron chi connectivity index (χ4n) is 2.58. The minimum absolute atomic E-state index is 0.137. The number of nitrogens with one attached hydrogen (secondary N) is 2. The third-order valence-corrected chi connectivity index (χ3v) is 3.58. The molecule has 1 heterocycles. The average Bonchev–Trinajstić information content (AvgIpc) is 2.85. The molecule has 0 fully saturated rings. The topological polar surface area (TPSA) is 91.4 Å². The number of aromatic amines is 1. The van der Waals surface area contributed by atoms with Crippen LogP contribution in [0.15, 0.2) is 30.5 Å². The number of benzene rings is 1. The van der Waals surface area contributed by atoms with Crippen LogP contribution in [-0.4, -0.2) is 33.8 Å². The molecule has 2 rings (SSSR count). The molecule has 0 bridgehead atoms. The molecule has 1 aromatic heterocycles. The maximum atomic E-state index is 11.9. The number of para-hydroxylation sites is 1. The van der Waals surface area contributed by atoms with Crippen LogP contribution in [0.3, 0.4) is 0 Å². The molecule has 0 aliphatic carbocycles. The number of aromatic nitrogens is 1. The van der Waals surface area contributed by atoms with Crippen molar-refractivity contribution < 1.29 is 19.4 Å². The van der Waals surface area contributed by atoms with Gasteiger partial charge in [0.25, 0.3) is 0 Å². The summed E-state index contributed by atoms with van der Waals surface area (Å²) in [6, 6.07) is 7.46. The number of carbonyl (C=O) groups excluding carboxylic acids is 1. The van der Waals surface area contributed by atoms with Crippen LogP contribution in [0.25, 0.3) is 10.9 Å². The highest BCUT2D eigenvalue weighted by Gasteiger charge is 2.21. The molecule has 1 atom stereocenters. The van der Waals surface area contributed by atoms with Crippen molar-refractivity contribution in [2.45, 2.75) is 51.7 Å². The minimum atomic E-state index is -0.949. The van der Waals surface area contributed by atoms with Gasteiger partial charge < -0.3 is 20.1 Å². The summed E-state index contributed by atoms with van der Waals surface area (Å²) in [7, 11) is 0. The zero-order chi connectivity index (χ0) is 17.7. The predicted molar refractivity (Wildman–Crippen MR) is 92.0 cm³/mol. The molecule has 24 heavy (non-hydrogen) atoms. The van der Waals surface area contributed by atoms with Gasteiger partial charge in [0.1, 0.15) is 5.60 Å². The van der Waals surface area contributed by atoms with E-state index in [1.165, 1.54) is 0 Å². The highest BCUT2D eigenvalue weighted by atomic mass is 16.6. The van der Waals surface area contributed by atoms with Crippen LogP contribution in [0, 0.1) is 0 Å². The van der Waals surface area contributed by atoms with Gasteiger partial charge in [-0.2, -0.15) is 0 Å². The number of aliphatic carboxylic acids is 1. The van der Waals surface area contributed by atoms with Crippen molar-refractivity contribution in [3.8, 4) is 0 Å². The second kappa shape index (κ2) is 7.38. The maximum absolute atomic E-state index is 11.9. The van der Waals surface area contributed by atoms with Gasteiger partial charge in [-0.3, -0.25) is 4.79 Å². The summed E-state index contributed by atoms with van der Waals surface area (Å²) in [6.07, 6.45) is 2.38. The van der Waals surface area contributed by atoms with Gasteiger partial charge in [-0.05, 0) is 45.2 Å². The molecule has 0 saturated carbocycles. The molecule has 3 N–H and O–H groups in total. The molecule has 0 radical (unpaired) electrons. The number of alkyl carbamates (subject to hydrolysis) is 1. The Morgan fingerprint density at radius 3 is 2.67 bits per heavy atom. The Morgan fingerprint density at radius 1 is 1.29 bits per heavy atom. The van der Waals surface area contributed by atoms with Gasteiger partial charge in [0.05, 0.1) is 6.42 Å². The Labute approximate surface area is 141 Å². The Hall–Kier alpha value is -2.50. The summed E-state index contributed by atoms with van der Waals surface area (Å²) in [5, 5.41) is 12.8. The van der Waals surface area contributed by atoms with Gasteiger partial charge in [-0.25, -0.2) is 4.79 Å². The molecule has 2 aromatic rings. The molecule has 0 spiro atoms. The summed E-state index contributed by atoms with van der Waals surface area (Å²) in [5.41, 5.74) is 1.53. The highest BCUT2D eigenvalue weighted by Crippen LogP contribution is 2.20. The molecular weight excluding hydrogens is 308 g/mol. The molecule has 0 aliphatic heterocycles. The first-order valence-electron chi connectivity index (χ1n) is 8.01. The standard InChI is InChI=1S/C18H24N2O4/c1-18(2,3)24-17(23)20-13(10-16(21)22)9-8-12-11-19-15-7-5-4-6-14(12)15/h4-7,11,13,19H,8-10H2,1-3H3,(H,20,23)(H,21,22). The lowest BCUT2D eigenvalue weighted by Crippen LogP contribution is -2.40. The number of carboxylic acids is 1. The smallest absolute Gasteiger partial charge is 0.407 e. The van der Waals surface area contributed by atoms with Gasteiger partial charge >= 0.3 is 12.1 Å². The molecule has 130 valence electrons. The van der Waals surface area contributed by atoms with Crippen molar-refractivity contribution in [1.29, 1.82) is 0 Å². The maximum Gasteiger partial charge on any atom is 0.407 e. The zero-order valence-electron chi connectivity index (χ0n) is 14.3. The van der Waals surface area contributed by atoms with E-state index in [1.807, 2.05) is 30.5 Å². The number of hydrogen-bond donors (Lipinski definition) is 3. The molecule has 1 amide bonds.